The molecule has 0 unspecified atom stereocenters. The average molecular weight is 339 g/mol. The van der Waals surface area contributed by atoms with Crippen LogP contribution in [0.5, 0.6) is 0 Å². The van der Waals surface area contributed by atoms with E-state index in [0.717, 1.165) is 12.5 Å². The topological polar surface area (TPSA) is 33.3 Å². The van der Waals surface area contributed by atoms with Gasteiger partial charge in [-0.2, -0.15) is 0 Å². The van der Waals surface area contributed by atoms with E-state index in [0.29, 0.717) is 13.2 Å². The van der Waals surface area contributed by atoms with E-state index in [1.807, 2.05) is 0 Å². The van der Waals surface area contributed by atoms with E-state index in [1.165, 1.54) is 6.07 Å². The monoisotopic (exact) mass is 338 g/mol. The molecule has 0 aliphatic carbocycles. The maximum atomic E-state index is 13.4. The molecule has 0 aromatic heterocycles. The van der Waals surface area contributed by atoms with Gasteiger partial charge < -0.3 is 15.4 Å². The summed E-state index contributed by atoms with van der Waals surface area (Å²) in [5.74, 6) is -1.35. The Morgan fingerprint density at radius 1 is 1.39 bits per heavy atom. The first kappa shape index (κ1) is 15.3. The number of rotatable bonds is 5. The van der Waals surface area contributed by atoms with Crippen molar-refractivity contribution >= 4 is 38.9 Å². The number of thiocarbonyl (C=S) groups is 1. The van der Waals surface area contributed by atoms with E-state index in [9.17, 15) is 8.78 Å². The van der Waals surface area contributed by atoms with Gasteiger partial charge in [0.1, 0.15) is 11.6 Å². The maximum absolute atomic E-state index is 13.4. The molecule has 2 N–H and O–H groups in total. The van der Waals surface area contributed by atoms with Crippen LogP contribution in [0.4, 0.5) is 14.5 Å². The highest BCUT2D eigenvalue weighted by Gasteiger charge is 2.09. The summed E-state index contributed by atoms with van der Waals surface area (Å²) >= 11 is 7.96. The number of hydrogen-bond donors (Lipinski definition) is 2. The van der Waals surface area contributed by atoms with Crippen LogP contribution in [0.15, 0.2) is 16.6 Å². The third-order valence-corrected chi connectivity index (χ3v) is 2.92. The highest BCUT2D eigenvalue weighted by molar-refractivity contribution is 9.10. The summed E-state index contributed by atoms with van der Waals surface area (Å²) in [6, 6.07) is 2.09. The molecular weight excluding hydrogens is 326 g/mol. The molecule has 0 radical (unpaired) electrons. The molecule has 0 spiro atoms. The molecule has 0 aliphatic heterocycles. The molecule has 18 heavy (non-hydrogen) atoms. The summed E-state index contributed by atoms with van der Waals surface area (Å²) in [7, 11) is 1.61. The molecule has 0 aliphatic rings. The van der Waals surface area contributed by atoms with E-state index in [1.54, 1.807) is 7.11 Å². The minimum atomic E-state index is -0.697. The molecule has 1 aromatic rings. The van der Waals surface area contributed by atoms with Crippen LogP contribution in [0.25, 0.3) is 0 Å². The molecule has 0 heterocycles. The van der Waals surface area contributed by atoms with Crippen LogP contribution in [0.3, 0.4) is 0 Å². The first-order chi connectivity index (χ1) is 8.54. The minimum Gasteiger partial charge on any atom is -0.385 e. The van der Waals surface area contributed by atoms with E-state index in [-0.39, 0.29) is 15.3 Å². The summed E-state index contributed by atoms with van der Waals surface area (Å²) in [6.07, 6.45) is 0.786. The van der Waals surface area contributed by atoms with Crippen molar-refractivity contribution in [2.24, 2.45) is 0 Å². The van der Waals surface area contributed by atoms with Gasteiger partial charge in [-0.3, -0.25) is 0 Å². The third-order valence-electron chi connectivity index (χ3n) is 2.07. The third kappa shape index (κ3) is 4.83. The molecule has 0 saturated carbocycles. The number of methoxy groups -OCH3 is 1. The number of anilines is 1. The number of halogens is 3. The van der Waals surface area contributed by atoms with E-state index in [2.05, 4.69) is 26.6 Å². The smallest absolute Gasteiger partial charge is 0.170 e. The normalized spacial score (nSPS) is 10.2. The standard InChI is InChI=1S/C11H13BrF2N2OS/c1-17-4-2-3-15-11(18)16-10-5-7(12)8(13)6-9(10)14/h5-6H,2-4H2,1H3,(H2,15,16,18). The molecule has 1 rings (SSSR count). The van der Waals surface area contributed by atoms with Crippen molar-refractivity contribution in [3.8, 4) is 0 Å². The Balaban J connectivity index is 2.51. The summed E-state index contributed by atoms with van der Waals surface area (Å²) in [4.78, 5) is 0. The predicted octanol–water partition coefficient (Wildman–Crippen LogP) is 3.05. The summed E-state index contributed by atoms with van der Waals surface area (Å²) in [5, 5.41) is 5.84. The largest absolute Gasteiger partial charge is 0.385 e. The van der Waals surface area contributed by atoms with Gasteiger partial charge in [-0.25, -0.2) is 8.78 Å². The van der Waals surface area contributed by atoms with Gasteiger partial charge in [0.25, 0.3) is 0 Å². The first-order valence-electron chi connectivity index (χ1n) is 5.23. The lowest BCUT2D eigenvalue weighted by atomic mass is 10.3. The second kappa shape index (κ2) is 7.60. The van der Waals surface area contributed by atoms with Gasteiger partial charge in [0.15, 0.2) is 5.11 Å². The molecule has 0 fully saturated rings. The van der Waals surface area contributed by atoms with E-state index in [4.69, 9.17) is 17.0 Å². The number of hydrogen-bond acceptors (Lipinski definition) is 2. The van der Waals surface area contributed by atoms with Crippen LogP contribution < -0.4 is 10.6 Å². The molecule has 0 amide bonds. The summed E-state index contributed by atoms with van der Waals surface area (Å²) in [6.45, 7) is 1.23. The van der Waals surface area contributed by atoms with E-state index >= 15 is 0 Å². The van der Waals surface area contributed by atoms with Crippen molar-refractivity contribution in [1.82, 2.24) is 5.32 Å². The summed E-state index contributed by atoms with van der Waals surface area (Å²) < 4.78 is 31.5. The zero-order valence-corrected chi connectivity index (χ0v) is 12.1. The molecular formula is C11H13BrF2N2OS. The number of nitrogens with one attached hydrogen (secondary N) is 2. The van der Waals surface area contributed by atoms with Crippen molar-refractivity contribution < 1.29 is 13.5 Å². The van der Waals surface area contributed by atoms with Gasteiger partial charge >= 0.3 is 0 Å². The van der Waals surface area contributed by atoms with Gasteiger partial charge in [-0.15, -0.1) is 0 Å². The predicted molar refractivity (Wildman–Crippen MR) is 74.8 cm³/mol. The van der Waals surface area contributed by atoms with Crippen LogP contribution >= 0.6 is 28.1 Å². The number of benzene rings is 1. The fraction of sp³-hybridized carbons (Fsp3) is 0.364. The van der Waals surface area contributed by atoms with Crippen molar-refractivity contribution in [1.29, 1.82) is 0 Å². The van der Waals surface area contributed by atoms with Gasteiger partial charge in [0, 0.05) is 26.3 Å². The second-order valence-corrected chi connectivity index (χ2v) is 4.74. The quantitative estimate of drug-likeness (QED) is 0.491. The Labute approximate surface area is 118 Å². The lowest BCUT2D eigenvalue weighted by molar-refractivity contribution is 0.196. The van der Waals surface area contributed by atoms with Gasteiger partial charge in [0.05, 0.1) is 10.2 Å². The molecule has 7 heteroatoms. The van der Waals surface area contributed by atoms with Crippen molar-refractivity contribution in [2.45, 2.75) is 6.42 Å². The van der Waals surface area contributed by atoms with Crippen LogP contribution in [0.2, 0.25) is 0 Å². The van der Waals surface area contributed by atoms with Crippen molar-refractivity contribution in [2.75, 3.05) is 25.6 Å². The Hall–Kier alpha value is -0.790. The van der Waals surface area contributed by atoms with Crippen LogP contribution in [0, 0.1) is 11.6 Å². The Morgan fingerprint density at radius 2 is 2.11 bits per heavy atom. The molecule has 0 saturated heterocycles. The first-order valence-corrected chi connectivity index (χ1v) is 6.43. The lowest BCUT2D eigenvalue weighted by Gasteiger charge is -2.11. The highest BCUT2D eigenvalue weighted by Crippen LogP contribution is 2.23. The fourth-order valence-corrected chi connectivity index (χ4v) is 1.76. The minimum absolute atomic E-state index is 0.118. The maximum Gasteiger partial charge on any atom is 0.170 e. The van der Waals surface area contributed by atoms with Gasteiger partial charge in [-0.1, -0.05) is 0 Å². The van der Waals surface area contributed by atoms with Gasteiger partial charge in [-0.05, 0) is 40.6 Å². The van der Waals surface area contributed by atoms with Crippen molar-refractivity contribution in [3.63, 3.8) is 0 Å². The molecule has 100 valence electrons. The van der Waals surface area contributed by atoms with Crippen LogP contribution in [0.1, 0.15) is 6.42 Å². The Bertz CT molecular complexity index is 432. The van der Waals surface area contributed by atoms with Gasteiger partial charge in [0.2, 0.25) is 0 Å². The zero-order chi connectivity index (χ0) is 13.5. The van der Waals surface area contributed by atoms with Crippen LogP contribution in [-0.2, 0) is 4.74 Å². The highest BCUT2D eigenvalue weighted by atomic mass is 79.9. The summed E-state index contributed by atoms with van der Waals surface area (Å²) in [5.41, 5.74) is 0.118. The van der Waals surface area contributed by atoms with Crippen molar-refractivity contribution in [3.05, 3.63) is 28.2 Å². The number of ether oxygens (including phenoxy) is 1. The average Bonchev–Trinajstić information content (AvgIpc) is 2.32. The fourth-order valence-electron chi connectivity index (χ4n) is 1.20. The Kier molecular flexibility index (Phi) is 6.45. The molecule has 1 aromatic carbocycles. The Morgan fingerprint density at radius 3 is 2.78 bits per heavy atom. The molecule has 0 bridgehead atoms. The lowest BCUT2D eigenvalue weighted by Crippen LogP contribution is -2.30. The molecule has 3 nitrogen and oxygen atoms in total. The zero-order valence-electron chi connectivity index (χ0n) is 9.73. The van der Waals surface area contributed by atoms with Crippen LogP contribution in [-0.4, -0.2) is 25.4 Å². The second-order valence-electron chi connectivity index (χ2n) is 3.47. The SMILES string of the molecule is COCCCNC(=S)Nc1cc(Br)c(F)cc1F. The van der Waals surface area contributed by atoms with E-state index < -0.39 is 11.6 Å². The molecule has 0 atom stereocenters.